The molecule has 1 aliphatic heterocycles. The zero-order valence-electron chi connectivity index (χ0n) is 24.5. The molecule has 2 N–H and O–H groups in total. The first-order valence-corrected chi connectivity index (χ1v) is 14.6. The van der Waals surface area contributed by atoms with E-state index in [0.717, 1.165) is 12.8 Å². The molecule has 1 heterocycles. The number of hydrogen-bond donors (Lipinski definition) is 2. The van der Waals surface area contributed by atoms with Crippen LogP contribution in [0.5, 0.6) is 0 Å². The molecule has 4 fully saturated rings. The summed E-state index contributed by atoms with van der Waals surface area (Å²) in [6, 6.07) is 14.0. The monoisotopic (exact) mass is 561 g/mol. The number of non-ortho nitro benzene ring substituents is 1. The highest BCUT2D eigenvalue weighted by Crippen LogP contribution is 2.65. The van der Waals surface area contributed by atoms with E-state index in [1.54, 1.807) is 36.4 Å². The number of nitro groups is 1. The summed E-state index contributed by atoms with van der Waals surface area (Å²) in [6.45, 7) is 11.0. The van der Waals surface area contributed by atoms with Crippen LogP contribution in [0.15, 0.2) is 54.6 Å². The molecule has 2 aromatic rings. The van der Waals surface area contributed by atoms with Gasteiger partial charge in [0.25, 0.3) is 11.6 Å². The van der Waals surface area contributed by atoms with Gasteiger partial charge >= 0.3 is 7.12 Å². The highest BCUT2D eigenvalue weighted by Gasteiger charge is 2.68. The van der Waals surface area contributed by atoms with Gasteiger partial charge in [0, 0.05) is 17.7 Å². The number of carbonyl (C=O) groups is 2. The lowest BCUT2D eigenvalue weighted by Gasteiger charge is -2.64. The van der Waals surface area contributed by atoms with Crippen LogP contribution in [0.1, 0.15) is 82.3 Å². The van der Waals surface area contributed by atoms with Crippen molar-refractivity contribution in [1.82, 2.24) is 10.6 Å². The third-order valence-electron chi connectivity index (χ3n) is 9.61. The van der Waals surface area contributed by atoms with E-state index in [1.807, 2.05) is 6.07 Å². The van der Waals surface area contributed by atoms with Crippen LogP contribution in [0.25, 0.3) is 0 Å². The number of rotatable bonds is 10. The van der Waals surface area contributed by atoms with Crippen molar-refractivity contribution in [3.05, 3.63) is 75.8 Å². The number of hydrogen-bond acceptors (Lipinski definition) is 6. The van der Waals surface area contributed by atoms with Crippen LogP contribution in [0.4, 0.5) is 5.69 Å². The van der Waals surface area contributed by atoms with Crippen molar-refractivity contribution in [2.75, 3.05) is 0 Å². The van der Waals surface area contributed by atoms with Crippen molar-refractivity contribution < 1.29 is 23.8 Å². The third kappa shape index (κ3) is 5.77. The molecule has 218 valence electrons. The molecule has 41 heavy (non-hydrogen) atoms. The lowest BCUT2D eigenvalue weighted by Crippen LogP contribution is -2.65. The normalized spacial score (nSPS) is 27.4. The van der Waals surface area contributed by atoms with E-state index in [9.17, 15) is 19.7 Å². The van der Waals surface area contributed by atoms with Crippen molar-refractivity contribution in [3.8, 4) is 0 Å². The van der Waals surface area contributed by atoms with E-state index < -0.39 is 18.1 Å². The molecule has 6 atom stereocenters. The number of nitrogens with one attached hydrogen (secondary N) is 2. The Balaban J connectivity index is 1.32. The second-order valence-electron chi connectivity index (χ2n) is 13.1. The van der Waals surface area contributed by atoms with E-state index in [2.05, 4.69) is 45.3 Å². The fourth-order valence-corrected chi connectivity index (χ4v) is 7.18. The highest BCUT2D eigenvalue weighted by molar-refractivity contribution is 6.47. The molecule has 0 spiro atoms. The molecule has 0 aromatic heterocycles. The SMILES string of the molecule is CC(C)C[C@H](NC(=O)CC(NC(=O)c1ccccc1)c1ccc([N+](=O)[O-])cc1)B1O[C@@H]2CC3CC(C3(C)C)[C@]2(C)O1. The van der Waals surface area contributed by atoms with Gasteiger partial charge in [0.2, 0.25) is 5.91 Å². The number of nitrogens with zero attached hydrogens (tertiary/aromatic N) is 1. The first-order valence-electron chi connectivity index (χ1n) is 14.6. The molecule has 10 heteroatoms. The average molecular weight is 561 g/mol. The predicted molar refractivity (Wildman–Crippen MR) is 156 cm³/mol. The molecule has 2 bridgehead atoms. The van der Waals surface area contributed by atoms with E-state index >= 15 is 0 Å². The van der Waals surface area contributed by atoms with Crippen molar-refractivity contribution in [2.45, 2.75) is 84.0 Å². The lowest BCUT2D eigenvalue weighted by atomic mass is 9.43. The van der Waals surface area contributed by atoms with Crippen LogP contribution in [0.3, 0.4) is 0 Å². The summed E-state index contributed by atoms with van der Waals surface area (Å²) in [7, 11) is -0.553. The second-order valence-corrected chi connectivity index (χ2v) is 13.1. The number of carbonyl (C=O) groups excluding carboxylic acids is 2. The summed E-state index contributed by atoms with van der Waals surface area (Å²) >= 11 is 0. The fraction of sp³-hybridized carbons (Fsp3) is 0.548. The Labute approximate surface area is 242 Å². The van der Waals surface area contributed by atoms with E-state index in [4.69, 9.17) is 9.31 Å². The van der Waals surface area contributed by atoms with Gasteiger partial charge in [-0.2, -0.15) is 0 Å². The lowest BCUT2D eigenvalue weighted by molar-refractivity contribution is -0.384. The first-order chi connectivity index (χ1) is 19.4. The van der Waals surface area contributed by atoms with Gasteiger partial charge in [0.1, 0.15) is 0 Å². The molecule has 3 saturated carbocycles. The van der Waals surface area contributed by atoms with Crippen LogP contribution in [-0.2, 0) is 14.1 Å². The molecule has 2 amide bonds. The number of amides is 2. The molecule has 1 saturated heterocycles. The molecule has 9 nitrogen and oxygen atoms in total. The first kappa shape index (κ1) is 29.3. The van der Waals surface area contributed by atoms with Gasteiger partial charge in [-0.05, 0) is 67.1 Å². The maximum absolute atomic E-state index is 13.6. The fourth-order valence-electron chi connectivity index (χ4n) is 7.18. The van der Waals surface area contributed by atoms with Gasteiger partial charge in [-0.3, -0.25) is 19.7 Å². The van der Waals surface area contributed by atoms with E-state index in [-0.39, 0.29) is 52.9 Å². The third-order valence-corrected chi connectivity index (χ3v) is 9.61. The van der Waals surface area contributed by atoms with Crippen molar-refractivity contribution >= 4 is 24.6 Å². The maximum atomic E-state index is 13.6. The molecular formula is C31H40BN3O6. The Bertz CT molecular complexity index is 1290. The van der Waals surface area contributed by atoms with Crippen molar-refractivity contribution in [3.63, 3.8) is 0 Å². The molecule has 3 unspecified atom stereocenters. The second kappa shape index (κ2) is 11.2. The quantitative estimate of drug-likeness (QED) is 0.232. The summed E-state index contributed by atoms with van der Waals surface area (Å²) in [5.74, 6) is 0.384. The summed E-state index contributed by atoms with van der Waals surface area (Å²) < 4.78 is 13.2. The molecule has 2 aromatic carbocycles. The minimum Gasteiger partial charge on any atom is -0.404 e. The average Bonchev–Trinajstić information content (AvgIpc) is 3.29. The van der Waals surface area contributed by atoms with Crippen LogP contribution in [-0.4, -0.2) is 41.5 Å². The minimum absolute atomic E-state index is 0.00820. The Hall–Kier alpha value is -3.24. The molecule has 0 radical (unpaired) electrons. The Kier molecular flexibility index (Phi) is 8.00. The summed E-state index contributed by atoms with van der Waals surface area (Å²) in [6.07, 6.45) is 2.75. The molecule has 3 aliphatic carbocycles. The summed E-state index contributed by atoms with van der Waals surface area (Å²) in [5.41, 5.74) is 0.838. The highest BCUT2D eigenvalue weighted by atomic mass is 16.7. The molecule has 6 rings (SSSR count). The largest absolute Gasteiger partial charge is 0.481 e. The standard InChI is InChI=1S/C31H40BN3O6/c1-19(2)15-27(32-40-26-17-22-16-25(30(22,3)4)31(26,5)41-32)34-28(36)18-24(20-11-13-23(14-12-20)35(38)39)33-29(37)21-9-7-6-8-10-21/h6-14,19,22,24-27H,15-18H2,1-5H3,(H,33,37)(H,34,36)/t22?,24?,25?,26-,27+,31+/m1/s1. The maximum Gasteiger partial charge on any atom is 0.481 e. The van der Waals surface area contributed by atoms with Gasteiger partial charge in [-0.25, -0.2) is 0 Å². The minimum atomic E-state index is -0.693. The Morgan fingerprint density at radius 2 is 1.73 bits per heavy atom. The Morgan fingerprint density at radius 3 is 2.34 bits per heavy atom. The number of nitro benzene ring substituents is 1. The van der Waals surface area contributed by atoms with Crippen LogP contribution in [0.2, 0.25) is 0 Å². The number of benzene rings is 2. The smallest absolute Gasteiger partial charge is 0.404 e. The summed E-state index contributed by atoms with van der Waals surface area (Å²) in [5, 5.41) is 17.3. The van der Waals surface area contributed by atoms with Crippen molar-refractivity contribution in [2.24, 2.45) is 23.2 Å². The van der Waals surface area contributed by atoms with E-state index in [0.29, 0.717) is 29.4 Å². The summed E-state index contributed by atoms with van der Waals surface area (Å²) in [4.78, 5) is 37.3. The van der Waals surface area contributed by atoms with Gasteiger partial charge in [0.15, 0.2) is 0 Å². The van der Waals surface area contributed by atoms with E-state index in [1.165, 1.54) is 12.1 Å². The van der Waals surface area contributed by atoms with Gasteiger partial charge < -0.3 is 19.9 Å². The zero-order valence-corrected chi connectivity index (χ0v) is 24.5. The molecular weight excluding hydrogens is 521 g/mol. The van der Waals surface area contributed by atoms with Gasteiger partial charge in [-0.15, -0.1) is 0 Å². The Morgan fingerprint density at radius 1 is 1.05 bits per heavy atom. The molecule has 4 aliphatic rings. The van der Waals surface area contributed by atoms with Crippen LogP contribution >= 0.6 is 0 Å². The van der Waals surface area contributed by atoms with Crippen LogP contribution in [0, 0.1) is 33.3 Å². The predicted octanol–water partition coefficient (Wildman–Crippen LogP) is 5.25. The topological polar surface area (TPSA) is 120 Å². The van der Waals surface area contributed by atoms with Crippen molar-refractivity contribution in [1.29, 1.82) is 0 Å². The zero-order chi connectivity index (χ0) is 29.5. The van der Waals surface area contributed by atoms with Crippen LogP contribution < -0.4 is 10.6 Å². The van der Waals surface area contributed by atoms with Gasteiger partial charge in [0.05, 0.1) is 35.0 Å². The van der Waals surface area contributed by atoms with Gasteiger partial charge in [-0.1, -0.05) is 58.0 Å².